The zero-order valence-electron chi connectivity index (χ0n) is 12.2. The van der Waals surface area contributed by atoms with Crippen molar-refractivity contribution in [2.75, 3.05) is 36.0 Å². The van der Waals surface area contributed by atoms with Crippen molar-refractivity contribution < 1.29 is 0 Å². The number of hydrogen-bond acceptors (Lipinski definition) is 4. The molecule has 0 unspecified atom stereocenters. The van der Waals surface area contributed by atoms with Crippen LogP contribution in [0.3, 0.4) is 0 Å². The van der Waals surface area contributed by atoms with Crippen LogP contribution in [0.1, 0.15) is 0 Å². The van der Waals surface area contributed by atoms with Crippen LogP contribution in [0.25, 0.3) is 0 Å². The number of benzene rings is 1. The van der Waals surface area contributed by atoms with Crippen molar-refractivity contribution in [1.29, 1.82) is 0 Å². The highest BCUT2D eigenvalue weighted by Crippen LogP contribution is 2.28. The number of hydrogen-bond donors (Lipinski definition) is 0. The van der Waals surface area contributed by atoms with Gasteiger partial charge in [-0.15, -0.1) is 0 Å². The maximum atomic E-state index is 11.7. The van der Waals surface area contributed by atoms with Gasteiger partial charge >= 0.3 is 0 Å². The lowest BCUT2D eigenvalue weighted by atomic mass is 10.2. The Hall–Kier alpha value is -1.72. The minimum absolute atomic E-state index is 0.0445. The van der Waals surface area contributed by atoms with E-state index < -0.39 is 0 Å². The third-order valence-electron chi connectivity index (χ3n) is 3.84. The first kappa shape index (κ1) is 15.2. The molecule has 1 aromatic carbocycles. The minimum Gasteiger partial charge on any atom is -0.368 e. The van der Waals surface area contributed by atoms with Crippen molar-refractivity contribution in [1.82, 2.24) is 9.55 Å². The van der Waals surface area contributed by atoms with Crippen LogP contribution in [0.4, 0.5) is 11.5 Å². The molecule has 2 aromatic rings. The molecule has 1 saturated heterocycles. The third kappa shape index (κ3) is 3.05. The number of piperazine rings is 1. The molecule has 0 N–H and O–H groups in total. The molecule has 0 atom stereocenters. The van der Waals surface area contributed by atoms with Crippen molar-refractivity contribution in [3.8, 4) is 0 Å². The summed E-state index contributed by atoms with van der Waals surface area (Å²) in [5.41, 5.74) is 1.02. The van der Waals surface area contributed by atoms with E-state index in [1.807, 2.05) is 18.2 Å². The fourth-order valence-corrected chi connectivity index (χ4v) is 2.79. The molecule has 3 rings (SSSR count). The smallest absolute Gasteiger partial charge is 0.255 e. The predicted octanol–water partition coefficient (Wildman–Crippen LogP) is 2.41. The van der Waals surface area contributed by atoms with Gasteiger partial charge in [-0.3, -0.25) is 4.79 Å². The van der Waals surface area contributed by atoms with Crippen LogP contribution in [0.15, 0.2) is 35.4 Å². The van der Waals surface area contributed by atoms with Gasteiger partial charge in [0.2, 0.25) is 0 Å². The molecule has 1 aliphatic heterocycles. The second-order valence-electron chi connectivity index (χ2n) is 5.27. The van der Waals surface area contributed by atoms with Crippen LogP contribution in [-0.2, 0) is 7.05 Å². The summed E-state index contributed by atoms with van der Waals surface area (Å²) in [7, 11) is 1.70. The standard InChI is InChI=1S/C15H16Cl2N4O/c1-19-10-18-14(9-15(19)22)21-6-4-20(5-7-21)11-2-3-12(16)13(17)8-11/h2-3,8-10H,4-7H2,1H3. The lowest BCUT2D eigenvalue weighted by molar-refractivity contribution is 0.643. The lowest BCUT2D eigenvalue weighted by Gasteiger charge is -2.36. The summed E-state index contributed by atoms with van der Waals surface area (Å²) in [6, 6.07) is 7.25. The van der Waals surface area contributed by atoms with Gasteiger partial charge < -0.3 is 14.4 Å². The zero-order valence-corrected chi connectivity index (χ0v) is 13.7. The molecule has 2 heterocycles. The average Bonchev–Trinajstić information content (AvgIpc) is 2.53. The Morgan fingerprint density at radius 3 is 2.32 bits per heavy atom. The Morgan fingerprint density at radius 1 is 1.00 bits per heavy atom. The molecule has 0 spiro atoms. The van der Waals surface area contributed by atoms with Crippen molar-refractivity contribution in [3.63, 3.8) is 0 Å². The maximum Gasteiger partial charge on any atom is 0.255 e. The van der Waals surface area contributed by atoms with Gasteiger partial charge in [-0.25, -0.2) is 4.98 Å². The monoisotopic (exact) mass is 338 g/mol. The van der Waals surface area contributed by atoms with E-state index in [1.165, 1.54) is 4.57 Å². The number of halogens is 2. The Bertz CT molecular complexity index is 739. The first-order chi connectivity index (χ1) is 10.5. The topological polar surface area (TPSA) is 41.4 Å². The highest BCUT2D eigenvalue weighted by Gasteiger charge is 2.19. The van der Waals surface area contributed by atoms with Crippen LogP contribution < -0.4 is 15.4 Å². The molecule has 22 heavy (non-hydrogen) atoms. The molecule has 1 aromatic heterocycles. The van der Waals surface area contributed by atoms with Gasteiger partial charge in [-0.05, 0) is 18.2 Å². The Kier molecular flexibility index (Phi) is 4.27. The number of aromatic nitrogens is 2. The molecule has 0 amide bonds. The number of aryl methyl sites for hydroxylation is 1. The van der Waals surface area contributed by atoms with Crippen LogP contribution in [-0.4, -0.2) is 35.7 Å². The van der Waals surface area contributed by atoms with E-state index in [9.17, 15) is 4.79 Å². The largest absolute Gasteiger partial charge is 0.368 e. The summed E-state index contributed by atoms with van der Waals surface area (Å²) < 4.78 is 1.47. The summed E-state index contributed by atoms with van der Waals surface area (Å²) in [4.78, 5) is 20.4. The highest BCUT2D eigenvalue weighted by atomic mass is 35.5. The van der Waals surface area contributed by atoms with Gasteiger partial charge in [0, 0.05) is 45.0 Å². The van der Waals surface area contributed by atoms with Crippen LogP contribution >= 0.6 is 23.2 Å². The van der Waals surface area contributed by atoms with Crippen molar-refractivity contribution in [2.45, 2.75) is 0 Å². The number of nitrogens with zero attached hydrogens (tertiary/aromatic N) is 4. The molecule has 0 bridgehead atoms. The van der Waals surface area contributed by atoms with Crippen molar-refractivity contribution >= 4 is 34.7 Å². The summed E-state index contributed by atoms with van der Waals surface area (Å²) in [6.45, 7) is 3.30. The van der Waals surface area contributed by atoms with E-state index in [1.54, 1.807) is 19.4 Å². The number of rotatable bonds is 2. The van der Waals surface area contributed by atoms with Crippen LogP contribution in [0, 0.1) is 0 Å². The molecule has 0 aliphatic carbocycles. The van der Waals surface area contributed by atoms with E-state index >= 15 is 0 Å². The van der Waals surface area contributed by atoms with Crippen LogP contribution in [0.2, 0.25) is 10.0 Å². The fraction of sp³-hybridized carbons (Fsp3) is 0.333. The molecule has 7 heteroatoms. The fourth-order valence-electron chi connectivity index (χ4n) is 2.50. The molecular formula is C15H16Cl2N4O. The summed E-state index contributed by atoms with van der Waals surface area (Å²) in [5.74, 6) is 0.733. The summed E-state index contributed by atoms with van der Waals surface area (Å²) >= 11 is 12.0. The molecule has 116 valence electrons. The molecule has 1 fully saturated rings. The predicted molar refractivity (Wildman–Crippen MR) is 90.4 cm³/mol. The second kappa shape index (κ2) is 6.18. The van der Waals surface area contributed by atoms with Gasteiger partial charge in [0.05, 0.1) is 16.4 Å². The quantitative estimate of drug-likeness (QED) is 0.843. The van der Waals surface area contributed by atoms with E-state index in [0.717, 1.165) is 37.7 Å². The maximum absolute atomic E-state index is 11.7. The Labute approximate surface area is 138 Å². The first-order valence-corrected chi connectivity index (χ1v) is 7.78. The molecule has 5 nitrogen and oxygen atoms in total. The normalized spacial score (nSPS) is 15.2. The van der Waals surface area contributed by atoms with E-state index in [4.69, 9.17) is 23.2 Å². The SMILES string of the molecule is Cn1cnc(N2CCN(c3ccc(Cl)c(Cl)c3)CC2)cc1=O. The van der Waals surface area contributed by atoms with Crippen molar-refractivity contribution in [2.24, 2.45) is 7.05 Å². The highest BCUT2D eigenvalue weighted by molar-refractivity contribution is 6.42. The minimum atomic E-state index is -0.0445. The lowest BCUT2D eigenvalue weighted by Crippen LogP contribution is -2.47. The van der Waals surface area contributed by atoms with Gasteiger partial charge in [0.1, 0.15) is 5.82 Å². The summed E-state index contributed by atoms with van der Waals surface area (Å²) in [5, 5.41) is 1.13. The summed E-state index contributed by atoms with van der Waals surface area (Å²) in [6.07, 6.45) is 1.56. The van der Waals surface area contributed by atoms with Gasteiger partial charge in [0.15, 0.2) is 0 Å². The Morgan fingerprint density at radius 2 is 1.68 bits per heavy atom. The van der Waals surface area contributed by atoms with Gasteiger partial charge in [0.25, 0.3) is 5.56 Å². The van der Waals surface area contributed by atoms with E-state index in [-0.39, 0.29) is 5.56 Å². The van der Waals surface area contributed by atoms with E-state index in [2.05, 4.69) is 14.8 Å². The van der Waals surface area contributed by atoms with Crippen molar-refractivity contribution in [3.05, 3.63) is 51.0 Å². The van der Waals surface area contributed by atoms with Gasteiger partial charge in [-0.1, -0.05) is 23.2 Å². The average molecular weight is 339 g/mol. The molecular weight excluding hydrogens is 323 g/mol. The second-order valence-corrected chi connectivity index (χ2v) is 6.08. The zero-order chi connectivity index (χ0) is 15.7. The molecule has 1 aliphatic rings. The van der Waals surface area contributed by atoms with E-state index in [0.29, 0.717) is 10.0 Å². The van der Waals surface area contributed by atoms with Crippen LogP contribution in [0.5, 0.6) is 0 Å². The molecule has 0 radical (unpaired) electrons. The van der Waals surface area contributed by atoms with Gasteiger partial charge in [-0.2, -0.15) is 0 Å². The first-order valence-electron chi connectivity index (χ1n) is 7.02. The molecule has 0 saturated carbocycles. The number of anilines is 2. The Balaban J connectivity index is 1.70. The third-order valence-corrected chi connectivity index (χ3v) is 4.57.